The van der Waals surface area contributed by atoms with Gasteiger partial charge in [0.1, 0.15) is 11.6 Å². The lowest BCUT2D eigenvalue weighted by Gasteiger charge is -2.80. The first-order valence-electron chi connectivity index (χ1n) is 37.3. The molecule has 95 heavy (non-hydrogen) atoms. The van der Waals surface area contributed by atoms with E-state index in [2.05, 4.69) is 331 Å². The average Bonchev–Trinajstić information content (AvgIpc) is 0.784. The van der Waals surface area contributed by atoms with Crippen molar-refractivity contribution in [1.82, 2.24) is 34.9 Å². The summed E-state index contributed by atoms with van der Waals surface area (Å²) >= 11 is 1.77. The molecule has 10 rings (SSSR count). The van der Waals surface area contributed by atoms with E-state index in [-0.39, 0.29) is 43.3 Å². The molecule has 6 aliphatic rings. The molecule has 0 aromatic carbocycles. The van der Waals surface area contributed by atoms with Crippen molar-refractivity contribution >= 4 is 11.3 Å². The predicted octanol–water partition coefficient (Wildman–Crippen LogP) is 26.2. The van der Waals surface area contributed by atoms with Crippen molar-refractivity contribution in [3.8, 4) is 0 Å². The van der Waals surface area contributed by atoms with Crippen LogP contribution in [0.15, 0.2) is 42.6 Å². The van der Waals surface area contributed by atoms with Crippen LogP contribution in [0.4, 0.5) is 0 Å². The first-order valence-corrected chi connectivity index (χ1v) is 38.1. The standard InChI is InChI=1S/C15H28.C13H24.3C12H20N2.C12H24.C11H19NS/c1-13(2,3)11-7-15(8-11)9-12(10-15)14(4,5)6;1-10(2,3)12-7-13(8-12,9-12)11(4,5)6;1-11(2,3)9-7-14-10(8-13-9)12(4,5)6;2*1-11(2,3)9-7-13-10(14-8-9)12(4,5)6;1-11(2,3)9-7-10(8-9)12(4,5)6;1-10(2,3)8-7-13-9(12-8)11(4,5)6/h11-12H,7-10H2,1-6H3;7-9H2,1-6H3;3*7-8H,1-6H3;9-10H,7-8H2,1-6H3;7H,1-6H3. The van der Waals surface area contributed by atoms with Gasteiger partial charge in [-0.1, -0.05) is 291 Å². The molecule has 7 nitrogen and oxygen atoms in total. The Morgan fingerprint density at radius 2 is 0.558 bits per heavy atom. The van der Waals surface area contributed by atoms with Gasteiger partial charge in [0.05, 0.1) is 22.1 Å². The summed E-state index contributed by atoms with van der Waals surface area (Å²) in [6, 6.07) is 0. The second-order valence-electron chi connectivity index (χ2n) is 45.5. The van der Waals surface area contributed by atoms with Crippen LogP contribution < -0.4 is 0 Å². The third-order valence-corrected chi connectivity index (χ3v) is 23.7. The van der Waals surface area contributed by atoms with Gasteiger partial charge in [0, 0.05) is 75.1 Å². The number of rotatable bonds is 0. The molecule has 4 heterocycles. The van der Waals surface area contributed by atoms with Gasteiger partial charge in [-0.05, 0) is 152 Å². The average molecular weight is 1330 g/mol. The van der Waals surface area contributed by atoms with Crippen LogP contribution in [0.5, 0.6) is 0 Å². The minimum Gasteiger partial charge on any atom is -0.257 e. The molecule has 8 heteroatoms. The van der Waals surface area contributed by atoms with E-state index in [1.165, 1.54) is 79.6 Å². The number of hydrogen-bond acceptors (Lipinski definition) is 8. The smallest absolute Gasteiger partial charge is 0.133 e. The highest BCUT2D eigenvalue weighted by Crippen LogP contribution is 2.83. The zero-order valence-electron chi connectivity index (χ0n) is 70.8. The van der Waals surface area contributed by atoms with Gasteiger partial charge in [0.2, 0.25) is 0 Å². The highest BCUT2D eigenvalue weighted by Gasteiger charge is 2.74. The van der Waals surface area contributed by atoms with Gasteiger partial charge in [0.25, 0.3) is 0 Å². The maximum atomic E-state index is 4.67. The normalized spacial score (nSPS) is 24.1. The third-order valence-electron chi connectivity index (χ3n) is 22.4. The highest BCUT2D eigenvalue weighted by atomic mass is 32.1. The molecule has 6 aliphatic carbocycles. The lowest BCUT2D eigenvalue weighted by molar-refractivity contribution is -0.302. The zero-order chi connectivity index (χ0) is 74.4. The van der Waals surface area contributed by atoms with Crippen LogP contribution in [-0.4, -0.2) is 34.9 Å². The summed E-state index contributed by atoms with van der Waals surface area (Å²) in [4.78, 5) is 31.2. The number of hydrogen-bond donors (Lipinski definition) is 0. The summed E-state index contributed by atoms with van der Waals surface area (Å²) < 4.78 is 0. The maximum absolute atomic E-state index is 4.67. The van der Waals surface area contributed by atoms with E-state index in [0.29, 0.717) is 32.5 Å². The van der Waals surface area contributed by atoms with Gasteiger partial charge >= 0.3 is 0 Å². The van der Waals surface area contributed by atoms with Crippen LogP contribution in [0.3, 0.4) is 0 Å². The largest absolute Gasteiger partial charge is 0.257 e. The topological polar surface area (TPSA) is 90.2 Å². The van der Waals surface area contributed by atoms with Crippen LogP contribution in [0.25, 0.3) is 0 Å². The summed E-state index contributed by atoms with van der Waals surface area (Å²) in [5.74, 6) is 5.76. The Morgan fingerprint density at radius 3 is 0.726 bits per heavy atom. The van der Waals surface area contributed by atoms with Crippen molar-refractivity contribution in [3.05, 3.63) is 87.4 Å². The quantitative estimate of drug-likeness (QED) is 0.173. The molecule has 0 N–H and O–H groups in total. The SMILES string of the molecule is CC(C)(C)C12CC(C(C)(C)C)(C1)C2.CC(C)(C)C1CC(C(C)(C)C)C1.CC(C)(C)C1CC2(C1)CC(C(C)(C)C)C2.CC(C)(C)c1cnc(C(C)(C)C)cn1.CC(C)(C)c1cnc(C(C)(C)C)nc1.CC(C)(C)c1cnc(C(C)(C)C)nc1.CC(C)(C)c1csc(C(C)(C)C)n1. The molecule has 1 spiro atoms. The van der Waals surface area contributed by atoms with E-state index in [4.69, 9.17) is 0 Å². The fraction of sp³-hybridized carbons (Fsp3) is 0.828. The van der Waals surface area contributed by atoms with Crippen LogP contribution in [0.2, 0.25) is 0 Å². The second kappa shape index (κ2) is 29.1. The molecule has 0 aliphatic heterocycles. The van der Waals surface area contributed by atoms with Gasteiger partial charge in [-0.15, -0.1) is 11.3 Å². The fourth-order valence-corrected chi connectivity index (χ4v) is 14.3. The minimum atomic E-state index is 0.0381. The van der Waals surface area contributed by atoms with E-state index in [9.17, 15) is 0 Å². The molecule has 0 saturated heterocycles. The second-order valence-corrected chi connectivity index (χ2v) is 46.4. The van der Waals surface area contributed by atoms with E-state index in [0.717, 1.165) is 63.0 Å². The van der Waals surface area contributed by atoms with Gasteiger partial charge in [-0.3, -0.25) is 9.97 Å². The molecule has 6 fully saturated rings. The Hall–Kier alpha value is -3.13. The molecule has 4 aromatic rings. The van der Waals surface area contributed by atoms with Crippen LogP contribution in [0.1, 0.15) is 393 Å². The molecule has 544 valence electrons. The summed E-state index contributed by atoms with van der Waals surface area (Å²) in [5.41, 5.74) is 12.1. The van der Waals surface area contributed by atoms with E-state index in [1.807, 2.05) is 37.2 Å². The van der Waals surface area contributed by atoms with Crippen molar-refractivity contribution in [2.45, 2.75) is 392 Å². The molecule has 6 saturated carbocycles. The summed E-state index contributed by atoms with van der Waals surface area (Å²) in [6.45, 7) is 95.0. The van der Waals surface area contributed by atoms with Crippen molar-refractivity contribution in [3.63, 3.8) is 0 Å². The van der Waals surface area contributed by atoms with Crippen LogP contribution >= 0.6 is 11.3 Å². The summed E-state index contributed by atoms with van der Waals surface area (Å²) in [5, 5.41) is 3.41. The van der Waals surface area contributed by atoms with Gasteiger partial charge < -0.3 is 0 Å². The maximum Gasteiger partial charge on any atom is 0.133 e. The highest BCUT2D eigenvalue weighted by molar-refractivity contribution is 7.09. The first-order chi connectivity index (χ1) is 41.8. The zero-order valence-corrected chi connectivity index (χ0v) is 71.6. The molecule has 0 atom stereocenters. The first kappa shape index (κ1) is 86.1. The summed E-state index contributed by atoms with van der Waals surface area (Å²) in [7, 11) is 0. The van der Waals surface area contributed by atoms with Gasteiger partial charge in [0.15, 0.2) is 0 Å². The minimum absolute atomic E-state index is 0.0381. The Morgan fingerprint density at radius 1 is 0.295 bits per heavy atom. The molecule has 0 radical (unpaired) electrons. The van der Waals surface area contributed by atoms with E-state index >= 15 is 0 Å². The Kier molecular flexibility index (Phi) is 26.4. The summed E-state index contributed by atoms with van der Waals surface area (Å²) in [6.07, 6.45) is 25.0. The number of nitrogens with zero attached hydrogens (tertiary/aromatic N) is 7. The predicted molar refractivity (Wildman–Crippen MR) is 417 cm³/mol. The monoisotopic (exact) mass is 1330 g/mol. The number of aromatic nitrogens is 7. The third kappa shape index (κ3) is 24.3. The van der Waals surface area contributed by atoms with Crippen LogP contribution in [-0.2, 0) is 43.3 Å². The molecule has 0 amide bonds. The van der Waals surface area contributed by atoms with Crippen molar-refractivity contribution < 1.29 is 0 Å². The molecular weight excluding hydrogens is 1180 g/mol. The van der Waals surface area contributed by atoms with Crippen LogP contribution in [0, 0.1) is 72.4 Å². The molecule has 4 aromatic heterocycles. The van der Waals surface area contributed by atoms with Crippen molar-refractivity contribution in [1.29, 1.82) is 0 Å². The Balaban J connectivity index is 0.000000289. The Labute approximate surface area is 594 Å². The molecule has 0 unspecified atom stereocenters. The molecule has 2 bridgehead atoms. The van der Waals surface area contributed by atoms with Gasteiger partial charge in [-0.25, -0.2) is 24.9 Å². The van der Waals surface area contributed by atoms with Gasteiger partial charge in [-0.2, -0.15) is 0 Å². The van der Waals surface area contributed by atoms with Crippen molar-refractivity contribution in [2.75, 3.05) is 0 Å². The lowest BCUT2D eigenvalue weighted by atomic mass is 9.25. The fourth-order valence-electron chi connectivity index (χ4n) is 13.2. The Bertz CT molecular complexity index is 2580. The van der Waals surface area contributed by atoms with Crippen molar-refractivity contribution in [2.24, 2.45) is 72.4 Å². The van der Waals surface area contributed by atoms with E-state index < -0.39 is 0 Å². The van der Waals surface area contributed by atoms with E-state index in [1.54, 1.807) is 11.3 Å². The molecular formula is C87H155N7S. The lowest BCUT2D eigenvalue weighted by Crippen LogP contribution is -2.71. The number of thiazole rings is 1.